The van der Waals surface area contributed by atoms with Crippen LogP contribution in [0.2, 0.25) is 5.02 Å². The van der Waals surface area contributed by atoms with Gasteiger partial charge in [0.2, 0.25) is 0 Å². The molecule has 0 aliphatic carbocycles. The van der Waals surface area contributed by atoms with E-state index in [9.17, 15) is 9.59 Å². The number of hydrogen-bond donors (Lipinski definition) is 0. The first-order chi connectivity index (χ1) is 10.8. The predicted molar refractivity (Wildman–Crippen MR) is 84.7 cm³/mol. The van der Waals surface area contributed by atoms with E-state index in [1.165, 1.54) is 16.6 Å². The lowest BCUT2D eigenvalue weighted by molar-refractivity contribution is -0.137. The van der Waals surface area contributed by atoms with Crippen LogP contribution in [0.15, 0.2) is 24.3 Å². The van der Waals surface area contributed by atoms with Crippen molar-refractivity contribution in [2.24, 2.45) is 0 Å². The summed E-state index contributed by atoms with van der Waals surface area (Å²) < 4.78 is 5.14. The number of aryl methyl sites for hydroxylation is 1. The Kier molecular flexibility index (Phi) is 5.00. The first-order valence-corrected chi connectivity index (χ1v) is 7.29. The molecule has 2 aromatic rings. The Balaban J connectivity index is 2.21. The van der Waals surface area contributed by atoms with Crippen molar-refractivity contribution >= 4 is 23.5 Å². The van der Waals surface area contributed by atoms with E-state index in [1.807, 2.05) is 0 Å². The summed E-state index contributed by atoms with van der Waals surface area (Å²) in [6.07, 6.45) is -0.895. The molecule has 2 rings (SSSR count). The quantitative estimate of drug-likeness (QED) is 0.796. The van der Waals surface area contributed by atoms with Crippen LogP contribution in [0.4, 0.5) is 0 Å². The second-order valence-electron chi connectivity index (χ2n) is 5.18. The number of carbonyl (C=O) groups is 2. The van der Waals surface area contributed by atoms with Crippen LogP contribution in [0.5, 0.6) is 0 Å². The minimum absolute atomic E-state index is 0.0587. The van der Waals surface area contributed by atoms with Gasteiger partial charge in [-0.1, -0.05) is 17.7 Å². The first-order valence-electron chi connectivity index (χ1n) is 6.91. The maximum absolute atomic E-state index is 12.2. The van der Waals surface area contributed by atoms with Crippen LogP contribution < -0.4 is 0 Å². The van der Waals surface area contributed by atoms with Crippen molar-refractivity contribution in [3.8, 4) is 5.69 Å². The van der Waals surface area contributed by atoms with E-state index in [4.69, 9.17) is 16.3 Å². The molecule has 0 fully saturated rings. The molecule has 23 heavy (non-hydrogen) atoms. The van der Waals surface area contributed by atoms with Gasteiger partial charge in [0.15, 0.2) is 11.8 Å². The molecule has 1 aromatic heterocycles. The molecule has 0 spiro atoms. The van der Waals surface area contributed by atoms with Crippen LogP contribution in [-0.2, 0) is 9.53 Å². The molecule has 0 unspecified atom stereocenters. The standard InChI is InChI=1S/C15H17ClN4O3/c1-9-13(15(22)23-10(2)14(21)19(3)4)18-20(17-9)12-7-5-6-11(16)8-12/h5-8,10H,1-4H3/t10-/m1/s1. The fraction of sp³-hybridized carbons (Fsp3) is 0.333. The van der Waals surface area contributed by atoms with Crippen molar-refractivity contribution < 1.29 is 14.3 Å². The van der Waals surface area contributed by atoms with Gasteiger partial charge in [0.25, 0.3) is 5.91 Å². The molecule has 7 nitrogen and oxygen atoms in total. The molecule has 1 aromatic carbocycles. The van der Waals surface area contributed by atoms with Crippen molar-refractivity contribution in [1.29, 1.82) is 0 Å². The number of benzene rings is 1. The Bertz CT molecular complexity index is 742. The predicted octanol–water partition coefficient (Wildman–Crippen LogP) is 1.86. The number of hydrogen-bond acceptors (Lipinski definition) is 5. The zero-order valence-corrected chi connectivity index (χ0v) is 14.0. The van der Waals surface area contributed by atoms with Crippen molar-refractivity contribution in [2.75, 3.05) is 14.1 Å². The van der Waals surface area contributed by atoms with Crippen molar-refractivity contribution in [2.45, 2.75) is 20.0 Å². The smallest absolute Gasteiger partial charge is 0.361 e. The van der Waals surface area contributed by atoms with Crippen molar-refractivity contribution in [1.82, 2.24) is 19.9 Å². The largest absolute Gasteiger partial charge is 0.448 e. The van der Waals surface area contributed by atoms with E-state index < -0.39 is 12.1 Å². The molecular weight excluding hydrogens is 320 g/mol. The molecular formula is C15H17ClN4O3. The third kappa shape index (κ3) is 3.87. The number of nitrogens with zero attached hydrogens (tertiary/aromatic N) is 4. The van der Waals surface area contributed by atoms with Gasteiger partial charge in [-0.15, -0.1) is 5.10 Å². The van der Waals surface area contributed by atoms with E-state index in [-0.39, 0.29) is 11.6 Å². The first kappa shape index (κ1) is 17.0. The van der Waals surface area contributed by atoms with Crippen LogP contribution in [0.3, 0.4) is 0 Å². The van der Waals surface area contributed by atoms with Gasteiger partial charge in [-0.3, -0.25) is 4.79 Å². The van der Waals surface area contributed by atoms with Crippen LogP contribution in [0.25, 0.3) is 5.69 Å². The molecule has 0 bridgehead atoms. The van der Waals surface area contributed by atoms with Crippen LogP contribution in [-0.4, -0.2) is 52.0 Å². The molecule has 122 valence electrons. The van der Waals surface area contributed by atoms with E-state index in [0.29, 0.717) is 16.4 Å². The number of ether oxygens (including phenoxy) is 1. The minimum Gasteiger partial charge on any atom is -0.448 e. The summed E-state index contributed by atoms with van der Waals surface area (Å²) in [5, 5.41) is 8.84. The highest BCUT2D eigenvalue weighted by atomic mass is 35.5. The van der Waals surface area contributed by atoms with Gasteiger partial charge in [0, 0.05) is 19.1 Å². The van der Waals surface area contributed by atoms with Gasteiger partial charge >= 0.3 is 5.97 Å². The second kappa shape index (κ2) is 6.78. The highest BCUT2D eigenvalue weighted by molar-refractivity contribution is 6.30. The fourth-order valence-corrected chi connectivity index (χ4v) is 2.10. The van der Waals surface area contributed by atoms with Crippen molar-refractivity contribution in [3.05, 3.63) is 40.7 Å². The molecule has 0 aliphatic heterocycles. The lowest BCUT2D eigenvalue weighted by atomic mass is 10.3. The summed E-state index contributed by atoms with van der Waals surface area (Å²) in [6.45, 7) is 3.15. The molecule has 1 heterocycles. The molecule has 0 saturated heterocycles. The maximum Gasteiger partial charge on any atom is 0.361 e. The van der Waals surface area contributed by atoms with Gasteiger partial charge in [0.05, 0.1) is 11.4 Å². The molecule has 1 amide bonds. The number of esters is 1. The number of carbonyl (C=O) groups excluding carboxylic acids is 2. The van der Waals surface area contributed by atoms with Crippen LogP contribution in [0, 0.1) is 6.92 Å². The average Bonchev–Trinajstić information content (AvgIpc) is 2.88. The summed E-state index contributed by atoms with van der Waals surface area (Å²) in [5.41, 5.74) is 1.08. The Morgan fingerprint density at radius 1 is 1.30 bits per heavy atom. The SMILES string of the molecule is Cc1nn(-c2cccc(Cl)c2)nc1C(=O)O[C@H](C)C(=O)N(C)C. The van der Waals surface area contributed by atoms with Crippen LogP contribution >= 0.6 is 11.6 Å². The van der Waals surface area contributed by atoms with Gasteiger partial charge in [-0.2, -0.15) is 9.90 Å². The lowest BCUT2D eigenvalue weighted by Gasteiger charge is -2.16. The molecule has 1 atom stereocenters. The summed E-state index contributed by atoms with van der Waals surface area (Å²) in [5.74, 6) is -1.00. The number of rotatable bonds is 4. The van der Waals surface area contributed by atoms with Crippen molar-refractivity contribution in [3.63, 3.8) is 0 Å². The summed E-state index contributed by atoms with van der Waals surface area (Å²) in [4.78, 5) is 26.6. The van der Waals surface area contributed by atoms with Gasteiger partial charge < -0.3 is 9.64 Å². The maximum atomic E-state index is 12.2. The van der Waals surface area contributed by atoms with Gasteiger partial charge in [-0.25, -0.2) is 4.79 Å². The molecule has 8 heteroatoms. The monoisotopic (exact) mass is 336 g/mol. The Hall–Kier alpha value is -2.41. The van der Waals surface area contributed by atoms with Gasteiger partial charge in [-0.05, 0) is 32.0 Å². The Labute approximate surface area is 138 Å². The fourth-order valence-electron chi connectivity index (χ4n) is 1.91. The van der Waals surface area contributed by atoms with E-state index in [0.717, 1.165) is 0 Å². The zero-order valence-electron chi connectivity index (χ0n) is 13.3. The summed E-state index contributed by atoms with van der Waals surface area (Å²) in [7, 11) is 3.18. The molecule has 0 radical (unpaired) electrons. The Morgan fingerprint density at radius 3 is 2.61 bits per heavy atom. The molecule has 0 saturated carbocycles. The van der Waals surface area contributed by atoms with Gasteiger partial charge in [0.1, 0.15) is 0 Å². The third-order valence-corrected chi connectivity index (χ3v) is 3.32. The van der Waals surface area contributed by atoms with E-state index >= 15 is 0 Å². The molecule has 0 N–H and O–H groups in total. The Morgan fingerprint density at radius 2 is 2.00 bits per heavy atom. The number of halogens is 1. The van der Waals surface area contributed by atoms with E-state index in [1.54, 1.807) is 45.3 Å². The topological polar surface area (TPSA) is 77.3 Å². The van der Waals surface area contributed by atoms with Crippen LogP contribution in [0.1, 0.15) is 23.1 Å². The third-order valence-electron chi connectivity index (χ3n) is 3.09. The minimum atomic E-state index is -0.895. The highest BCUT2D eigenvalue weighted by Crippen LogP contribution is 2.15. The normalized spacial score (nSPS) is 11.9. The number of aromatic nitrogens is 3. The lowest BCUT2D eigenvalue weighted by Crippen LogP contribution is -2.35. The summed E-state index contributed by atoms with van der Waals surface area (Å²) >= 11 is 5.93. The molecule has 0 aliphatic rings. The second-order valence-corrected chi connectivity index (χ2v) is 5.62. The average molecular weight is 337 g/mol. The zero-order chi connectivity index (χ0) is 17.1. The number of likely N-dealkylation sites (N-methyl/N-ethyl adjacent to an activating group) is 1. The highest BCUT2D eigenvalue weighted by Gasteiger charge is 2.24. The van der Waals surface area contributed by atoms with E-state index in [2.05, 4.69) is 10.2 Å². The summed E-state index contributed by atoms with van der Waals surface area (Å²) in [6, 6.07) is 6.92. The number of amides is 1.